The first-order chi connectivity index (χ1) is 9.74. The van der Waals surface area contributed by atoms with Crippen LogP contribution in [0.15, 0.2) is 65.8 Å². The van der Waals surface area contributed by atoms with Crippen LogP contribution in [-0.2, 0) is 0 Å². The maximum atomic E-state index is 12.3. The van der Waals surface area contributed by atoms with E-state index in [0.29, 0.717) is 11.1 Å². The van der Waals surface area contributed by atoms with Crippen molar-refractivity contribution in [3.05, 3.63) is 76.9 Å². The van der Waals surface area contributed by atoms with Crippen LogP contribution in [0.3, 0.4) is 0 Å². The molecule has 0 saturated carbocycles. The van der Waals surface area contributed by atoms with Gasteiger partial charge in [-0.15, -0.1) is 0 Å². The highest BCUT2D eigenvalue weighted by atomic mass is 79.9. The molecule has 0 radical (unpaired) electrons. The molecule has 0 N–H and O–H groups in total. The topological polar surface area (TPSA) is 47.8 Å². The molecule has 3 rings (SSSR count). The summed E-state index contributed by atoms with van der Waals surface area (Å²) in [6, 6.07) is 10.8. The lowest BCUT2D eigenvalue weighted by molar-refractivity contribution is 0.103. The molecule has 3 aromatic rings. The smallest absolute Gasteiger partial charge is 0.194 e. The Balaban J connectivity index is 1.87. The Bertz CT molecular complexity index is 719. The van der Waals surface area contributed by atoms with Gasteiger partial charge in [0.15, 0.2) is 5.78 Å². The van der Waals surface area contributed by atoms with Gasteiger partial charge in [0.05, 0.1) is 0 Å². The maximum absolute atomic E-state index is 12.3. The molecule has 0 aliphatic heterocycles. The van der Waals surface area contributed by atoms with E-state index >= 15 is 0 Å². The Labute approximate surface area is 124 Å². The number of carbonyl (C=O) groups is 1. The van der Waals surface area contributed by atoms with E-state index in [1.165, 1.54) is 0 Å². The number of hydrogen-bond donors (Lipinski definition) is 0. The van der Waals surface area contributed by atoms with Crippen molar-refractivity contribution >= 4 is 21.7 Å². The predicted octanol–water partition coefficient (Wildman–Crippen LogP) is 3.26. The predicted molar refractivity (Wildman–Crippen MR) is 78.9 cm³/mol. The van der Waals surface area contributed by atoms with Gasteiger partial charge in [0.25, 0.3) is 0 Å². The molecule has 0 aliphatic rings. The Morgan fingerprint density at radius 1 is 1.05 bits per heavy atom. The van der Waals surface area contributed by atoms with Gasteiger partial charge in [0, 0.05) is 34.2 Å². The van der Waals surface area contributed by atoms with Gasteiger partial charge in [-0.1, -0.05) is 15.9 Å². The molecule has 0 atom stereocenters. The van der Waals surface area contributed by atoms with Crippen LogP contribution in [0.4, 0.5) is 0 Å². The SMILES string of the molecule is O=C(c1ccc(Br)cc1)c1ccc(-n2ccnc2)nc1. The van der Waals surface area contributed by atoms with Crippen molar-refractivity contribution in [1.82, 2.24) is 14.5 Å². The molecule has 0 unspecified atom stereocenters. The number of hydrogen-bond acceptors (Lipinski definition) is 3. The summed E-state index contributed by atoms with van der Waals surface area (Å²) in [5, 5.41) is 0. The second-order valence-electron chi connectivity index (χ2n) is 4.21. The molecule has 1 aromatic carbocycles. The van der Waals surface area contributed by atoms with Crippen molar-refractivity contribution < 1.29 is 4.79 Å². The van der Waals surface area contributed by atoms with E-state index in [9.17, 15) is 4.79 Å². The van der Waals surface area contributed by atoms with Gasteiger partial charge < -0.3 is 0 Å². The quantitative estimate of drug-likeness (QED) is 0.694. The molecule has 0 fully saturated rings. The van der Waals surface area contributed by atoms with E-state index in [2.05, 4.69) is 25.9 Å². The average molecular weight is 328 g/mol. The molecule has 0 amide bonds. The van der Waals surface area contributed by atoms with Crippen molar-refractivity contribution in [2.45, 2.75) is 0 Å². The van der Waals surface area contributed by atoms with Gasteiger partial charge in [0.1, 0.15) is 12.1 Å². The van der Waals surface area contributed by atoms with Gasteiger partial charge in [-0.2, -0.15) is 0 Å². The first-order valence-corrected chi connectivity index (χ1v) is 6.78. The normalized spacial score (nSPS) is 10.4. The Morgan fingerprint density at radius 2 is 1.80 bits per heavy atom. The number of halogens is 1. The highest BCUT2D eigenvalue weighted by molar-refractivity contribution is 9.10. The molecular formula is C15H10BrN3O. The van der Waals surface area contributed by atoms with Crippen LogP contribution in [0, 0.1) is 0 Å². The van der Waals surface area contributed by atoms with Crippen LogP contribution >= 0.6 is 15.9 Å². The summed E-state index contributed by atoms with van der Waals surface area (Å²) in [5.74, 6) is 0.692. The Kier molecular flexibility index (Phi) is 3.43. The Hall–Kier alpha value is -2.27. The molecule has 0 spiro atoms. The second-order valence-corrected chi connectivity index (χ2v) is 5.13. The number of pyridine rings is 1. The third-order valence-electron chi connectivity index (χ3n) is 2.89. The zero-order valence-electron chi connectivity index (χ0n) is 10.4. The molecule has 0 aliphatic carbocycles. The van der Waals surface area contributed by atoms with Gasteiger partial charge in [0.2, 0.25) is 0 Å². The standard InChI is InChI=1S/C15H10BrN3O/c16-13-4-1-11(2-5-13)15(20)12-3-6-14(18-9-12)19-8-7-17-10-19/h1-10H. The molecule has 0 saturated heterocycles. The first kappa shape index (κ1) is 12.7. The molecule has 4 nitrogen and oxygen atoms in total. The molecule has 20 heavy (non-hydrogen) atoms. The van der Waals surface area contributed by atoms with Crippen LogP contribution in [0.1, 0.15) is 15.9 Å². The number of ketones is 1. The monoisotopic (exact) mass is 327 g/mol. The fourth-order valence-electron chi connectivity index (χ4n) is 1.84. The van der Waals surface area contributed by atoms with E-state index in [1.807, 2.05) is 12.1 Å². The second kappa shape index (κ2) is 5.38. The highest BCUT2D eigenvalue weighted by Crippen LogP contribution is 2.14. The molecule has 98 valence electrons. The number of imidazole rings is 1. The van der Waals surface area contributed by atoms with Gasteiger partial charge in [-0.05, 0) is 36.4 Å². The number of benzene rings is 1. The average Bonchev–Trinajstić information content (AvgIpc) is 3.02. The largest absolute Gasteiger partial charge is 0.291 e. The minimum Gasteiger partial charge on any atom is -0.291 e. The van der Waals surface area contributed by atoms with E-state index < -0.39 is 0 Å². The lowest BCUT2D eigenvalue weighted by atomic mass is 10.1. The summed E-state index contributed by atoms with van der Waals surface area (Å²) in [7, 11) is 0. The minimum absolute atomic E-state index is 0.0396. The molecule has 2 heterocycles. The van der Waals surface area contributed by atoms with Crippen molar-refractivity contribution in [3.8, 4) is 5.82 Å². The zero-order chi connectivity index (χ0) is 13.9. The maximum Gasteiger partial charge on any atom is 0.194 e. The third-order valence-corrected chi connectivity index (χ3v) is 3.41. The first-order valence-electron chi connectivity index (χ1n) is 5.99. The summed E-state index contributed by atoms with van der Waals surface area (Å²) in [6.07, 6.45) is 6.74. The third kappa shape index (κ3) is 2.53. The minimum atomic E-state index is -0.0396. The lowest BCUT2D eigenvalue weighted by Crippen LogP contribution is -2.03. The summed E-state index contributed by atoms with van der Waals surface area (Å²) < 4.78 is 2.73. The lowest BCUT2D eigenvalue weighted by Gasteiger charge is -2.04. The molecule has 5 heteroatoms. The van der Waals surface area contributed by atoms with Crippen molar-refractivity contribution in [2.75, 3.05) is 0 Å². The van der Waals surface area contributed by atoms with Crippen LogP contribution in [0.5, 0.6) is 0 Å². The molecular weight excluding hydrogens is 318 g/mol. The van der Waals surface area contributed by atoms with E-state index in [0.717, 1.165) is 10.3 Å². The molecule has 0 bridgehead atoms. The van der Waals surface area contributed by atoms with Crippen molar-refractivity contribution in [3.63, 3.8) is 0 Å². The van der Waals surface area contributed by atoms with Crippen LogP contribution < -0.4 is 0 Å². The number of aromatic nitrogens is 3. The van der Waals surface area contributed by atoms with Gasteiger partial charge in [-0.25, -0.2) is 9.97 Å². The van der Waals surface area contributed by atoms with Gasteiger partial charge >= 0.3 is 0 Å². The number of nitrogens with zero attached hydrogens (tertiary/aromatic N) is 3. The van der Waals surface area contributed by atoms with Crippen molar-refractivity contribution in [2.24, 2.45) is 0 Å². The fourth-order valence-corrected chi connectivity index (χ4v) is 2.10. The van der Waals surface area contributed by atoms with E-state index in [4.69, 9.17) is 0 Å². The summed E-state index contributed by atoms with van der Waals surface area (Å²) in [4.78, 5) is 20.5. The van der Waals surface area contributed by atoms with E-state index in [1.54, 1.807) is 53.8 Å². The summed E-state index contributed by atoms with van der Waals surface area (Å²) in [6.45, 7) is 0. The number of carbonyl (C=O) groups excluding carboxylic acids is 1. The fraction of sp³-hybridized carbons (Fsp3) is 0. The Morgan fingerprint density at radius 3 is 2.40 bits per heavy atom. The van der Waals surface area contributed by atoms with Crippen LogP contribution in [0.2, 0.25) is 0 Å². The number of rotatable bonds is 3. The molecule has 2 aromatic heterocycles. The highest BCUT2D eigenvalue weighted by Gasteiger charge is 2.09. The van der Waals surface area contributed by atoms with Crippen molar-refractivity contribution in [1.29, 1.82) is 0 Å². The summed E-state index contributed by atoms with van der Waals surface area (Å²) >= 11 is 3.35. The zero-order valence-corrected chi connectivity index (χ0v) is 12.0. The van der Waals surface area contributed by atoms with Crippen LogP contribution in [-0.4, -0.2) is 20.3 Å². The van der Waals surface area contributed by atoms with E-state index in [-0.39, 0.29) is 5.78 Å². The summed E-state index contributed by atoms with van der Waals surface area (Å²) in [5.41, 5.74) is 1.21. The van der Waals surface area contributed by atoms with Gasteiger partial charge in [-0.3, -0.25) is 9.36 Å². The van der Waals surface area contributed by atoms with Crippen LogP contribution in [0.25, 0.3) is 5.82 Å².